The molecule has 0 aliphatic rings. The highest BCUT2D eigenvalue weighted by molar-refractivity contribution is 7.98. The lowest BCUT2D eigenvalue weighted by Crippen LogP contribution is -2.53. The van der Waals surface area contributed by atoms with Crippen molar-refractivity contribution in [1.82, 2.24) is 10.2 Å². The zero-order valence-electron chi connectivity index (χ0n) is 25.2. The number of ether oxygens (including phenoxy) is 1. The molecule has 0 aromatic heterocycles. The molecule has 3 aromatic carbocycles. The van der Waals surface area contributed by atoms with Crippen LogP contribution in [-0.4, -0.2) is 56.6 Å². The van der Waals surface area contributed by atoms with Crippen molar-refractivity contribution in [2.24, 2.45) is 0 Å². The van der Waals surface area contributed by atoms with E-state index >= 15 is 0 Å². The van der Waals surface area contributed by atoms with Gasteiger partial charge in [0.1, 0.15) is 24.2 Å². The number of amides is 2. The molecule has 0 fully saturated rings. The van der Waals surface area contributed by atoms with Crippen molar-refractivity contribution in [2.75, 3.05) is 23.7 Å². The van der Waals surface area contributed by atoms with E-state index in [1.54, 1.807) is 62.4 Å². The number of nitrogens with one attached hydrogen (secondary N) is 1. The number of hydrogen-bond donors (Lipinski definition) is 1. The first-order chi connectivity index (χ1) is 20.5. The van der Waals surface area contributed by atoms with E-state index in [0.29, 0.717) is 17.7 Å². The molecule has 0 saturated heterocycles. The van der Waals surface area contributed by atoms with Crippen LogP contribution >= 0.6 is 11.8 Å². The van der Waals surface area contributed by atoms with E-state index in [9.17, 15) is 22.4 Å². The Bertz CT molecular complexity index is 1470. The van der Waals surface area contributed by atoms with Gasteiger partial charge in [0.05, 0.1) is 17.2 Å². The lowest BCUT2D eigenvalue weighted by Gasteiger charge is -2.34. The molecule has 3 rings (SSSR count). The largest absolute Gasteiger partial charge is 0.492 e. The molecule has 11 heteroatoms. The van der Waals surface area contributed by atoms with Crippen LogP contribution in [0.5, 0.6) is 5.75 Å². The number of rotatable bonds is 15. The maximum Gasteiger partial charge on any atom is 0.264 e. The Kier molecular flexibility index (Phi) is 12.4. The van der Waals surface area contributed by atoms with Crippen LogP contribution in [0.2, 0.25) is 0 Å². The Hall–Kier alpha value is -3.57. The number of nitrogens with zero attached hydrogens (tertiary/aromatic N) is 2. The molecule has 3 aromatic rings. The van der Waals surface area contributed by atoms with E-state index in [4.69, 9.17) is 4.74 Å². The van der Waals surface area contributed by atoms with Crippen LogP contribution < -0.4 is 14.4 Å². The van der Waals surface area contributed by atoms with Gasteiger partial charge in [-0.2, -0.15) is 0 Å². The van der Waals surface area contributed by atoms with Gasteiger partial charge in [-0.05, 0) is 87.0 Å². The SMILES string of the molecule is CCOc1ccccc1N(CC(=O)N(Cc1ccc(F)cc1)[C@H](CC)C(=O)N[C@@H](C)CC)S(=O)(=O)c1ccc(SC)cc1. The minimum absolute atomic E-state index is 0.0102. The number of carbonyl (C=O) groups is 2. The summed E-state index contributed by atoms with van der Waals surface area (Å²) >= 11 is 1.48. The Balaban J connectivity index is 2.11. The average Bonchev–Trinajstić information content (AvgIpc) is 3.01. The highest BCUT2D eigenvalue weighted by atomic mass is 32.2. The van der Waals surface area contributed by atoms with Crippen molar-refractivity contribution in [1.29, 1.82) is 0 Å². The minimum Gasteiger partial charge on any atom is -0.492 e. The molecular formula is C32H40FN3O5S2. The zero-order valence-corrected chi connectivity index (χ0v) is 26.9. The number of para-hydroxylation sites is 2. The van der Waals surface area contributed by atoms with Crippen molar-refractivity contribution < 1.29 is 27.1 Å². The van der Waals surface area contributed by atoms with Crippen LogP contribution in [0.15, 0.2) is 82.6 Å². The molecule has 0 aliphatic heterocycles. The van der Waals surface area contributed by atoms with Gasteiger partial charge in [0, 0.05) is 17.5 Å². The van der Waals surface area contributed by atoms with Crippen molar-refractivity contribution in [3.05, 3.63) is 84.2 Å². The number of carbonyl (C=O) groups excluding carboxylic acids is 2. The topological polar surface area (TPSA) is 96.0 Å². The van der Waals surface area contributed by atoms with Gasteiger partial charge < -0.3 is 15.0 Å². The summed E-state index contributed by atoms with van der Waals surface area (Å²) in [7, 11) is -4.26. The molecule has 2 atom stereocenters. The summed E-state index contributed by atoms with van der Waals surface area (Å²) in [5.74, 6) is -1.07. The van der Waals surface area contributed by atoms with E-state index in [2.05, 4.69) is 5.32 Å². The molecule has 0 radical (unpaired) electrons. The van der Waals surface area contributed by atoms with Crippen LogP contribution in [-0.2, 0) is 26.2 Å². The van der Waals surface area contributed by atoms with E-state index in [1.165, 1.54) is 40.9 Å². The maximum absolute atomic E-state index is 14.2. The number of sulfonamides is 1. The third kappa shape index (κ3) is 8.73. The van der Waals surface area contributed by atoms with Crippen molar-refractivity contribution in [2.45, 2.75) is 69.0 Å². The highest BCUT2D eigenvalue weighted by Crippen LogP contribution is 2.33. The molecule has 0 spiro atoms. The van der Waals surface area contributed by atoms with Gasteiger partial charge in [-0.1, -0.05) is 38.1 Å². The molecule has 232 valence electrons. The summed E-state index contributed by atoms with van der Waals surface area (Å²) in [6.07, 6.45) is 2.88. The Morgan fingerprint density at radius 2 is 1.60 bits per heavy atom. The summed E-state index contributed by atoms with van der Waals surface area (Å²) in [4.78, 5) is 29.9. The van der Waals surface area contributed by atoms with Gasteiger partial charge in [-0.25, -0.2) is 12.8 Å². The molecule has 2 amide bonds. The average molecular weight is 630 g/mol. The van der Waals surface area contributed by atoms with E-state index in [0.717, 1.165) is 9.20 Å². The van der Waals surface area contributed by atoms with Crippen LogP contribution in [0.25, 0.3) is 0 Å². The number of anilines is 1. The molecule has 0 aliphatic carbocycles. The Labute approximate surface area is 258 Å². The Morgan fingerprint density at radius 3 is 2.19 bits per heavy atom. The lowest BCUT2D eigenvalue weighted by molar-refractivity contribution is -0.140. The predicted molar refractivity (Wildman–Crippen MR) is 169 cm³/mol. The minimum atomic E-state index is -4.26. The number of halogens is 1. The molecule has 1 N–H and O–H groups in total. The molecule has 0 heterocycles. The zero-order chi connectivity index (χ0) is 31.6. The maximum atomic E-state index is 14.2. The molecule has 8 nitrogen and oxygen atoms in total. The second kappa shape index (κ2) is 15.8. The van der Waals surface area contributed by atoms with Crippen LogP contribution in [0.4, 0.5) is 10.1 Å². The molecule has 43 heavy (non-hydrogen) atoms. The number of hydrogen-bond acceptors (Lipinski definition) is 6. The molecule has 0 bridgehead atoms. The fourth-order valence-electron chi connectivity index (χ4n) is 4.48. The number of benzene rings is 3. The Morgan fingerprint density at radius 1 is 0.953 bits per heavy atom. The summed E-state index contributed by atoms with van der Waals surface area (Å²) in [6, 6.07) is 17.7. The van der Waals surface area contributed by atoms with Crippen LogP contribution in [0, 0.1) is 5.82 Å². The fourth-order valence-corrected chi connectivity index (χ4v) is 6.31. The quantitative estimate of drug-likeness (QED) is 0.212. The van der Waals surface area contributed by atoms with Crippen molar-refractivity contribution in [3.63, 3.8) is 0 Å². The van der Waals surface area contributed by atoms with Crippen molar-refractivity contribution in [3.8, 4) is 5.75 Å². The van der Waals surface area contributed by atoms with Gasteiger partial charge in [0.2, 0.25) is 11.8 Å². The fraction of sp³-hybridized carbons (Fsp3) is 0.375. The van der Waals surface area contributed by atoms with Crippen LogP contribution in [0.1, 0.15) is 46.1 Å². The van der Waals surface area contributed by atoms with Gasteiger partial charge in [-0.15, -0.1) is 11.8 Å². The second-order valence-corrected chi connectivity index (χ2v) is 12.7. The first kappa shape index (κ1) is 33.9. The van der Waals surface area contributed by atoms with Gasteiger partial charge >= 0.3 is 0 Å². The highest BCUT2D eigenvalue weighted by Gasteiger charge is 2.35. The second-order valence-electron chi connectivity index (χ2n) is 9.98. The normalized spacial score (nSPS) is 12.7. The standard InChI is InChI=1S/C32H40FN3O5S2/c1-6-23(4)34-32(38)28(7-2)35(21-24-13-15-25(33)16-14-24)31(37)22-36(29-11-9-10-12-30(29)41-8-3)43(39,40)27-19-17-26(42-5)18-20-27/h9-20,23,28H,6-8,21-22H2,1-5H3,(H,34,38)/t23-,28+/m0/s1. The van der Waals surface area contributed by atoms with Gasteiger partial charge in [0.15, 0.2) is 0 Å². The van der Waals surface area contributed by atoms with E-state index in [-0.39, 0.29) is 42.1 Å². The summed E-state index contributed by atoms with van der Waals surface area (Å²) in [5, 5.41) is 2.94. The third-order valence-electron chi connectivity index (χ3n) is 7.01. The molecule has 0 saturated carbocycles. The van der Waals surface area contributed by atoms with Gasteiger partial charge in [0.25, 0.3) is 10.0 Å². The first-order valence-corrected chi connectivity index (χ1v) is 16.9. The lowest BCUT2D eigenvalue weighted by atomic mass is 10.1. The molecule has 0 unspecified atom stereocenters. The third-order valence-corrected chi connectivity index (χ3v) is 9.53. The monoisotopic (exact) mass is 629 g/mol. The summed E-state index contributed by atoms with van der Waals surface area (Å²) in [6.45, 7) is 7.06. The summed E-state index contributed by atoms with van der Waals surface area (Å²) < 4.78 is 48.8. The van der Waals surface area contributed by atoms with Gasteiger partial charge in [-0.3, -0.25) is 13.9 Å². The van der Waals surface area contributed by atoms with E-state index in [1.807, 2.05) is 20.1 Å². The molecular weight excluding hydrogens is 590 g/mol. The van der Waals surface area contributed by atoms with E-state index < -0.39 is 34.3 Å². The smallest absolute Gasteiger partial charge is 0.264 e. The van der Waals surface area contributed by atoms with Crippen molar-refractivity contribution >= 4 is 39.3 Å². The summed E-state index contributed by atoms with van der Waals surface area (Å²) in [5.41, 5.74) is 0.798. The predicted octanol–water partition coefficient (Wildman–Crippen LogP) is 5.86. The first-order valence-electron chi connectivity index (χ1n) is 14.3. The number of thioether (sulfide) groups is 1. The van der Waals surface area contributed by atoms with Crippen LogP contribution in [0.3, 0.4) is 0 Å².